The number of hydrogen-bond acceptors (Lipinski definition) is 1. The molecule has 15 heavy (non-hydrogen) atoms. The van der Waals surface area contributed by atoms with Gasteiger partial charge >= 0.3 is 6.03 Å². The standard InChI is InChI=1S/C12H18N2O/c1-9(2)13-12(15)14(4)11-8-6-5-7-10(11)3/h5-9H,1-4H3,(H,13,15). The van der Waals surface area contributed by atoms with Gasteiger partial charge in [-0.05, 0) is 32.4 Å². The SMILES string of the molecule is Cc1ccccc1N(C)C(=O)NC(C)C. The predicted molar refractivity (Wildman–Crippen MR) is 63.2 cm³/mol. The largest absolute Gasteiger partial charge is 0.336 e. The molecule has 0 atom stereocenters. The Labute approximate surface area is 91.1 Å². The van der Waals surface area contributed by atoms with Crippen molar-refractivity contribution in [3.63, 3.8) is 0 Å². The van der Waals surface area contributed by atoms with Crippen molar-refractivity contribution in [1.82, 2.24) is 5.32 Å². The Bertz CT molecular complexity index is 347. The van der Waals surface area contributed by atoms with Gasteiger partial charge in [-0.3, -0.25) is 4.90 Å². The second kappa shape index (κ2) is 4.82. The second-order valence-electron chi connectivity index (χ2n) is 3.95. The van der Waals surface area contributed by atoms with Gasteiger partial charge in [-0.1, -0.05) is 18.2 Å². The van der Waals surface area contributed by atoms with E-state index in [0.29, 0.717) is 0 Å². The maximum Gasteiger partial charge on any atom is 0.321 e. The van der Waals surface area contributed by atoms with E-state index in [1.165, 1.54) is 0 Å². The highest BCUT2D eigenvalue weighted by Crippen LogP contribution is 2.17. The van der Waals surface area contributed by atoms with E-state index in [1.54, 1.807) is 11.9 Å². The summed E-state index contributed by atoms with van der Waals surface area (Å²) >= 11 is 0. The van der Waals surface area contributed by atoms with Crippen molar-refractivity contribution < 1.29 is 4.79 Å². The van der Waals surface area contributed by atoms with E-state index in [2.05, 4.69) is 5.32 Å². The quantitative estimate of drug-likeness (QED) is 0.792. The number of carbonyl (C=O) groups excluding carboxylic acids is 1. The molecule has 0 saturated carbocycles. The van der Waals surface area contributed by atoms with Gasteiger partial charge in [0, 0.05) is 18.8 Å². The molecule has 1 rings (SSSR count). The summed E-state index contributed by atoms with van der Waals surface area (Å²) in [6, 6.07) is 7.92. The molecule has 0 fully saturated rings. The zero-order valence-electron chi connectivity index (χ0n) is 9.74. The van der Waals surface area contributed by atoms with E-state index in [0.717, 1.165) is 11.3 Å². The Hall–Kier alpha value is -1.51. The summed E-state index contributed by atoms with van der Waals surface area (Å²) in [6.07, 6.45) is 0. The number of rotatable bonds is 2. The third-order valence-electron chi connectivity index (χ3n) is 2.19. The number of nitrogens with zero attached hydrogens (tertiary/aromatic N) is 1. The maximum absolute atomic E-state index is 11.7. The van der Waals surface area contributed by atoms with E-state index in [4.69, 9.17) is 0 Å². The smallest absolute Gasteiger partial charge is 0.321 e. The second-order valence-corrected chi connectivity index (χ2v) is 3.95. The molecule has 1 N–H and O–H groups in total. The molecule has 0 unspecified atom stereocenters. The van der Waals surface area contributed by atoms with Gasteiger partial charge in [-0.15, -0.1) is 0 Å². The normalized spacial score (nSPS) is 10.2. The number of amides is 2. The highest BCUT2D eigenvalue weighted by molar-refractivity contribution is 5.92. The van der Waals surface area contributed by atoms with Gasteiger partial charge in [0.15, 0.2) is 0 Å². The minimum absolute atomic E-state index is 0.0701. The van der Waals surface area contributed by atoms with Crippen LogP contribution in [-0.4, -0.2) is 19.1 Å². The van der Waals surface area contributed by atoms with Crippen LogP contribution in [-0.2, 0) is 0 Å². The first-order valence-corrected chi connectivity index (χ1v) is 5.12. The lowest BCUT2D eigenvalue weighted by Gasteiger charge is -2.21. The highest BCUT2D eigenvalue weighted by Gasteiger charge is 2.12. The molecule has 0 radical (unpaired) electrons. The minimum Gasteiger partial charge on any atom is -0.336 e. The molecular formula is C12H18N2O. The minimum atomic E-state index is -0.0701. The van der Waals surface area contributed by atoms with E-state index in [-0.39, 0.29) is 12.1 Å². The van der Waals surface area contributed by atoms with Gasteiger partial charge in [0.1, 0.15) is 0 Å². The zero-order chi connectivity index (χ0) is 11.4. The lowest BCUT2D eigenvalue weighted by Crippen LogP contribution is -2.41. The molecule has 3 heteroatoms. The van der Waals surface area contributed by atoms with E-state index in [1.807, 2.05) is 45.0 Å². The first kappa shape index (κ1) is 11.6. The fraction of sp³-hybridized carbons (Fsp3) is 0.417. The molecule has 0 aliphatic carbocycles. The first-order chi connectivity index (χ1) is 7.02. The average Bonchev–Trinajstić information content (AvgIpc) is 2.16. The number of urea groups is 1. The van der Waals surface area contributed by atoms with Crippen LogP contribution in [0.3, 0.4) is 0 Å². The van der Waals surface area contributed by atoms with Crippen molar-refractivity contribution in [1.29, 1.82) is 0 Å². The molecular weight excluding hydrogens is 188 g/mol. The maximum atomic E-state index is 11.7. The van der Waals surface area contributed by atoms with Crippen LogP contribution in [0, 0.1) is 6.92 Å². The molecule has 1 aromatic carbocycles. The van der Waals surface area contributed by atoms with Crippen LogP contribution in [0.4, 0.5) is 10.5 Å². The van der Waals surface area contributed by atoms with Gasteiger partial charge in [-0.2, -0.15) is 0 Å². The van der Waals surface area contributed by atoms with Crippen molar-refractivity contribution in [2.24, 2.45) is 0 Å². The van der Waals surface area contributed by atoms with Crippen LogP contribution in [0.2, 0.25) is 0 Å². The lowest BCUT2D eigenvalue weighted by atomic mass is 10.2. The van der Waals surface area contributed by atoms with Crippen molar-refractivity contribution >= 4 is 11.7 Å². The molecule has 0 aromatic heterocycles. The zero-order valence-corrected chi connectivity index (χ0v) is 9.74. The Morgan fingerprint density at radius 1 is 1.33 bits per heavy atom. The fourth-order valence-electron chi connectivity index (χ4n) is 1.39. The van der Waals surface area contributed by atoms with E-state index < -0.39 is 0 Å². The summed E-state index contributed by atoms with van der Waals surface area (Å²) in [4.78, 5) is 13.4. The number of carbonyl (C=O) groups is 1. The van der Waals surface area contributed by atoms with Crippen molar-refractivity contribution in [3.8, 4) is 0 Å². The van der Waals surface area contributed by atoms with Gasteiger partial charge in [-0.25, -0.2) is 4.79 Å². The third kappa shape index (κ3) is 2.98. The van der Waals surface area contributed by atoms with Gasteiger partial charge in [0.2, 0.25) is 0 Å². The van der Waals surface area contributed by atoms with Crippen molar-refractivity contribution in [2.45, 2.75) is 26.8 Å². The van der Waals surface area contributed by atoms with E-state index >= 15 is 0 Å². The molecule has 1 aromatic rings. The molecule has 3 nitrogen and oxygen atoms in total. The Balaban J connectivity index is 2.81. The molecule has 0 saturated heterocycles. The van der Waals surface area contributed by atoms with Crippen LogP contribution in [0.15, 0.2) is 24.3 Å². The Morgan fingerprint density at radius 2 is 1.93 bits per heavy atom. The highest BCUT2D eigenvalue weighted by atomic mass is 16.2. The number of para-hydroxylation sites is 1. The molecule has 2 amide bonds. The lowest BCUT2D eigenvalue weighted by molar-refractivity contribution is 0.245. The van der Waals surface area contributed by atoms with Crippen molar-refractivity contribution in [3.05, 3.63) is 29.8 Å². The topological polar surface area (TPSA) is 32.3 Å². The molecule has 0 spiro atoms. The summed E-state index contributed by atoms with van der Waals surface area (Å²) in [5, 5.41) is 2.86. The molecule has 0 bridgehead atoms. The number of aryl methyl sites for hydroxylation is 1. The average molecular weight is 206 g/mol. The van der Waals surface area contributed by atoms with Crippen LogP contribution >= 0.6 is 0 Å². The van der Waals surface area contributed by atoms with Gasteiger partial charge in [0.25, 0.3) is 0 Å². The first-order valence-electron chi connectivity index (χ1n) is 5.12. The summed E-state index contributed by atoms with van der Waals surface area (Å²) in [5.41, 5.74) is 2.04. The number of benzene rings is 1. The fourth-order valence-corrected chi connectivity index (χ4v) is 1.39. The molecule has 0 aliphatic heterocycles. The molecule has 82 valence electrons. The van der Waals surface area contributed by atoms with Crippen molar-refractivity contribution in [2.75, 3.05) is 11.9 Å². The number of nitrogens with one attached hydrogen (secondary N) is 1. The number of hydrogen-bond donors (Lipinski definition) is 1. The van der Waals surface area contributed by atoms with Crippen LogP contribution < -0.4 is 10.2 Å². The summed E-state index contributed by atoms with van der Waals surface area (Å²) in [7, 11) is 1.78. The monoisotopic (exact) mass is 206 g/mol. The molecule has 0 heterocycles. The summed E-state index contributed by atoms with van der Waals surface area (Å²) in [5.74, 6) is 0. The van der Waals surface area contributed by atoms with E-state index in [9.17, 15) is 4.79 Å². The van der Waals surface area contributed by atoms with Crippen LogP contribution in [0.1, 0.15) is 19.4 Å². The van der Waals surface area contributed by atoms with Crippen LogP contribution in [0.5, 0.6) is 0 Å². The number of anilines is 1. The molecule has 0 aliphatic rings. The van der Waals surface area contributed by atoms with Crippen LogP contribution in [0.25, 0.3) is 0 Å². The van der Waals surface area contributed by atoms with Gasteiger partial charge < -0.3 is 5.32 Å². The summed E-state index contributed by atoms with van der Waals surface area (Å²) in [6.45, 7) is 5.89. The summed E-state index contributed by atoms with van der Waals surface area (Å²) < 4.78 is 0. The predicted octanol–water partition coefficient (Wildman–Crippen LogP) is 2.55. The Kier molecular flexibility index (Phi) is 3.72. The Morgan fingerprint density at radius 3 is 2.47 bits per heavy atom. The van der Waals surface area contributed by atoms with Gasteiger partial charge in [0.05, 0.1) is 0 Å². The third-order valence-corrected chi connectivity index (χ3v) is 2.19.